The lowest BCUT2D eigenvalue weighted by molar-refractivity contribution is -0.124. The summed E-state index contributed by atoms with van der Waals surface area (Å²) in [6.45, 7) is 4.69. The third kappa shape index (κ3) is 9.68. The van der Waals surface area contributed by atoms with E-state index in [4.69, 9.17) is 10.5 Å². The van der Waals surface area contributed by atoms with Gasteiger partial charge in [0.25, 0.3) is 0 Å². The van der Waals surface area contributed by atoms with Gasteiger partial charge in [-0.15, -0.1) is 12.4 Å². The van der Waals surface area contributed by atoms with Crippen LogP contribution in [0.2, 0.25) is 0 Å². The van der Waals surface area contributed by atoms with E-state index in [1.807, 2.05) is 0 Å². The van der Waals surface area contributed by atoms with Crippen molar-refractivity contribution < 1.29 is 9.53 Å². The second-order valence-electron chi connectivity index (χ2n) is 4.49. The highest BCUT2D eigenvalue weighted by Gasteiger charge is 2.15. The zero-order chi connectivity index (χ0) is 13.1. The molecular formula is C13H29ClN2O2. The molecule has 0 bridgehead atoms. The molecule has 0 radical (unpaired) electrons. The molecule has 0 aromatic heterocycles. The minimum atomic E-state index is -0.163. The molecule has 0 aliphatic carbocycles. The predicted molar refractivity (Wildman–Crippen MR) is 78.1 cm³/mol. The zero-order valence-corrected chi connectivity index (χ0v) is 12.7. The molecular weight excluding hydrogens is 252 g/mol. The Labute approximate surface area is 117 Å². The highest BCUT2D eigenvalue weighted by atomic mass is 35.5. The smallest absolute Gasteiger partial charge is 0.222 e. The number of unbranched alkanes of at least 4 members (excludes halogenated alkanes) is 1. The Morgan fingerprint density at radius 1 is 1.28 bits per heavy atom. The molecule has 0 aromatic rings. The van der Waals surface area contributed by atoms with Gasteiger partial charge in [0.2, 0.25) is 5.91 Å². The molecule has 4 nitrogen and oxygen atoms in total. The van der Waals surface area contributed by atoms with Gasteiger partial charge in [-0.25, -0.2) is 0 Å². The summed E-state index contributed by atoms with van der Waals surface area (Å²) < 4.78 is 5.11. The minimum Gasteiger partial charge on any atom is -0.380 e. The summed E-state index contributed by atoms with van der Waals surface area (Å²) in [7, 11) is 1.59. The molecule has 1 amide bonds. The average Bonchev–Trinajstić information content (AvgIpc) is 2.33. The van der Waals surface area contributed by atoms with E-state index >= 15 is 0 Å². The number of hydrogen-bond donors (Lipinski definition) is 2. The number of amides is 1. The van der Waals surface area contributed by atoms with Crippen molar-refractivity contribution in [2.45, 2.75) is 64.5 Å². The number of ether oxygens (including phenoxy) is 1. The molecule has 0 aliphatic rings. The molecule has 0 rings (SSSR count). The Balaban J connectivity index is 0. The van der Waals surface area contributed by atoms with Crippen molar-refractivity contribution in [2.24, 2.45) is 5.73 Å². The SMILES string of the molecule is CCCCC(CCC)NC(=O)CC(CN)OC.Cl. The van der Waals surface area contributed by atoms with Crippen LogP contribution in [0.15, 0.2) is 0 Å². The summed E-state index contributed by atoms with van der Waals surface area (Å²) in [6, 6.07) is 0.308. The van der Waals surface area contributed by atoms with Crippen LogP contribution in [0.3, 0.4) is 0 Å². The highest BCUT2D eigenvalue weighted by Crippen LogP contribution is 2.07. The standard InChI is InChI=1S/C13H28N2O2.ClH/c1-4-6-8-11(7-5-2)15-13(16)9-12(10-14)17-3;/h11-12H,4-10,14H2,1-3H3,(H,15,16);1H. The maximum Gasteiger partial charge on any atom is 0.222 e. The first-order valence-electron chi connectivity index (χ1n) is 6.70. The molecule has 2 atom stereocenters. The third-order valence-electron chi connectivity index (χ3n) is 2.92. The van der Waals surface area contributed by atoms with Crippen LogP contribution in [0.4, 0.5) is 0 Å². The predicted octanol–water partition coefficient (Wildman–Crippen LogP) is 2.25. The summed E-state index contributed by atoms with van der Waals surface area (Å²) in [5.41, 5.74) is 5.50. The van der Waals surface area contributed by atoms with Crippen LogP contribution in [-0.2, 0) is 9.53 Å². The number of hydrogen-bond acceptors (Lipinski definition) is 3. The summed E-state index contributed by atoms with van der Waals surface area (Å²) >= 11 is 0. The van der Waals surface area contributed by atoms with Crippen LogP contribution in [0, 0.1) is 0 Å². The van der Waals surface area contributed by atoms with Gasteiger partial charge in [-0.2, -0.15) is 0 Å². The largest absolute Gasteiger partial charge is 0.380 e. The van der Waals surface area contributed by atoms with Gasteiger partial charge in [0, 0.05) is 19.7 Å². The highest BCUT2D eigenvalue weighted by molar-refractivity contribution is 5.85. The normalized spacial score (nSPS) is 13.6. The fourth-order valence-corrected chi connectivity index (χ4v) is 1.84. The van der Waals surface area contributed by atoms with Gasteiger partial charge in [0.15, 0.2) is 0 Å². The quantitative estimate of drug-likeness (QED) is 0.645. The second kappa shape index (κ2) is 13.1. The van der Waals surface area contributed by atoms with E-state index in [-0.39, 0.29) is 24.4 Å². The van der Waals surface area contributed by atoms with Crippen LogP contribution in [0.5, 0.6) is 0 Å². The van der Waals surface area contributed by atoms with Gasteiger partial charge in [-0.3, -0.25) is 4.79 Å². The van der Waals surface area contributed by atoms with Crippen molar-refractivity contribution in [1.82, 2.24) is 5.32 Å². The van der Waals surface area contributed by atoms with E-state index < -0.39 is 0 Å². The molecule has 5 heteroatoms. The monoisotopic (exact) mass is 280 g/mol. The Hall–Kier alpha value is -0.320. The summed E-state index contributed by atoms with van der Waals surface area (Å²) in [6.07, 6.45) is 5.74. The van der Waals surface area contributed by atoms with E-state index in [0.717, 1.165) is 25.7 Å². The second-order valence-corrected chi connectivity index (χ2v) is 4.49. The van der Waals surface area contributed by atoms with E-state index in [2.05, 4.69) is 19.2 Å². The number of nitrogens with one attached hydrogen (secondary N) is 1. The Bertz CT molecular complexity index is 199. The summed E-state index contributed by atoms with van der Waals surface area (Å²) in [4.78, 5) is 11.8. The first kappa shape index (κ1) is 20.0. The lowest BCUT2D eigenvalue weighted by Gasteiger charge is -2.19. The van der Waals surface area contributed by atoms with Crippen LogP contribution in [0.1, 0.15) is 52.4 Å². The first-order chi connectivity index (χ1) is 8.17. The molecule has 0 saturated heterocycles. The van der Waals surface area contributed by atoms with Gasteiger partial charge >= 0.3 is 0 Å². The summed E-state index contributed by atoms with van der Waals surface area (Å²) in [5.74, 6) is 0.0526. The Kier molecular flexibility index (Phi) is 14.6. The number of carbonyl (C=O) groups excluding carboxylic acids is 1. The van der Waals surface area contributed by atoms with Gasteiger partial charge in [-0.05, 0) is 12.8 Å². The van der Waals surface area contributed by atoms with E-state index in [0.29, 0.717) is 19.0 Å². The maximum atomic E-state index is 11.8. The number of carbonyl (C=O) groups is 1. The molecule has 0 aliphatic heterocycles. The third-order valence-corrected chi connectivity index (χ3v) is 2.92. The Morgan fingerprint density at radius 3 is 2.39 bits per heavy atom. The van der Waals surface area contributed by atoms with Crippen LogP contribution < -0.4 is 11.1 Å². The maximum absolute atomic E-state index is 11.8. The zero-order valence-electron chi connectivity index (χ0n) is 11.9. The lowest BCUT2D eigenvalue weighted by atomic mass is 10.0. The van der Waals surface area contributed by atoms with Crippen molar-refractivity contribution in [2.75, 3.05) is 13.7 Å². The average molecular weight is 281 g/mol. The molecule has 0 heterocycles. The number of methoxy groups -OCH3 is 1. The molecule has 2 unspecified atom stereocenters. The van der Waals surface area contributed by atoms with Gasteiger partial charge < -0.3 is 15.8 Å². The molecule has 0 aromatic carbocycles. The number of nitrogens with two attached hydrogens (primary N) is 1. The van der Waals surface area contributed by atoms with Crippen LogP contribution in [0.25, 0.3) is 0 Å². The van der Waals surface area contributed by atoms with Crippen molar-refractivity contribution in [3.8, 4) is 0 Å². The number of halogens is 1. The van der Waals surface area contributed by atoms with E-state index in [1.165, 1.54) is 6.42 Å². The van der Waals surface area contributed by atoms with Gasteiger partial charge in [0.05, 0.1) is 12.5 Å². The Morgan fingerprint density at radius 2 is 1.94 bits per heavy atom. The van der Waals surface area contributed by atoms with Crippen molar-refractivity contribution >= 4 is 18.3 Å². The number of rotatable bonds is 10. The lowest BCUT2D eigenvalue weighted by Crippen LogP contribution is -2.38. The van der Waals surface area contributed by atoms with Gasteiger partial charge in [-0.1, -0.05) is 33.1 Å². The minimum absolute atomic E-state index is 0. The van der Waals surface area contributed by atoms with Crippen LogP contribution >= 0.6 is 12.4 Å². The van der Waals surface area contributed by atoms with Gasteiger partial charge in [0.1, 0.15) is 0 Å². The van der Waals surface area contributed by atoms with Crippen molar-refractivity contribution in [1.29, 1.82) is 0 Å². The van der Waals surface area contributed by atoms with Crippen molar-refractivity contribution in [3.63, 3.8) is 0 Å². The first-order valence-corrected chi connectivity index (χ1v) is 6.70. The molecule has 3 N–H and O–H groups in total. The summed E-state index contributed by atoms with van der Waals surface area (Å²) in [5, 5.41) is 3.08. The van der Waals surface area contributed by atoms with Crippen molar-refractivity contribution in [3.05, 3.63) is 0 Å². The molecule has 0 fully saturated rings. The molecule has 0 saturated carbocycles. The van der Waals surface area contributed by atoms with Crippen LogP contribution in [-0.4, -0.2) is 31.7 Å². The molecule has 110 valence electrons. The molecule has 0 spiro atoms. The fourth-order valence-electron chi connectivity index (χ4n) is 1.84. The fraction of sp³-hybridized carbons (Fsp3) is 0.923. The van der Waals surface area contributed by atoms with E-state index in [1.54, 1.807) is 7.11 Å². The van der Waals surface area contributed by atoms with E-state index in [9.17, 15) is 4.79 Å². The molecule has 18 heavy (non-hydrogen) atoms. The topological polar surface area (TPSA) is 64.4 Å².